The van der Waals surface area contributed by atoms with E-state index >= 15 is 0 Å². The lowest BCUT2D eigenvalue weighted by Gasteiger charge is -2.07. The zero-order valence-electron chi connectivity index (χ0n) is 10.3. The molecule has 2 heterocycles. The van der Waals surface area contributed by atoms with E-state index in [4.69, 9.17) is 0 Å². The molecule has 2 rings (SSSR count). The molecule has 4 heteroatoms. The molecule has 0 N–H and O–H groups in total. The Balaban J connectivity index is 2.19. The molecule has 0 spiro atoms. The second-order valence-electron chi connectivity index (χ2n) is 4.49. The molecule has 0 bridgehead atoms. The lowest BCUT2D eigenvalue weighted by molar-refractivity contribution is 0.0964. The maximum absolute atomic E-state index is 12.1. The Kier molecular flexibility index (Phi) is 3.52. The average Bonchev–Trinajstić information content (AvgIpc) is 2.72. The number of rotatable bonds is 5. The van der Waals surface area contributed by atoms with E-state index in [-0.39, 0.29) is 5.78 Å². The van der Waals surface area contributed by atoms with Gasteiger partial charge >= 0.3 is 0 Å². The molecule has 0 aliphatic heterocycles. The Bertz CT molecular complexity index is 518. The van der Waals surface area contributed by atoms with E-state index in [1.807, 2.05) is 0 Å². The maximum atomic E-state index is 12.1. The van der Waals surface area contributed by atoms with Gasteiger partial charge in [0.2, 0.25) is 0 Å². The van der Waals surface area contributed by atoms with Gasteiger partial charge in [0.1, 0.15) is 0 Å². The van der Waals surface area contributed by atoms with Crippen LogP contribution >= 0.6 is 0 Å². The Morgan fingerprint density at radius 3 is 3.06 bits per heavy atom. The number of hydrogen-bond acceptors (Lipinski definition) is 3. The second-order valence-corrected chi connectivity index (χ2v) is 4.49. The predicted molar refractivity (Wildman–Crippen MR) is 66.0 cm³/mol. The second kappa shape index (κ2) is 5.08. The Labute approximate surface area is 101 Å². The Morgan fingerprint density at radius 2 is 2.29 bits per heavy atom. The molecule has 0 radical (unpaired) electrons. The number of ketones is 1. The zero-order valence-corrected chi connectivity index (χ0v) is 10.3. The molecule has 0 aromatic carbocycles. The van der Waals surface area contributed by atoms with Crippen LogP contribution in [-0.4, -0.2) is 20.4 Å². The van der Waals surface area contributed by atoms with Crippen molar-refractivity contribution in [3.63, 3.8) is 0 Å². The number of aromatic nitrogens is 3. The lowest BCUT2D eigenvalue weighted by atomic mass is 9.97. The third-order valence-corrected chi connectivity index (χ3v) is 2.94. The van der Waals surface area contributed by atoms with Gasteiger partial charge in [-0.05, 0) is 5.92 Å². The highest BCUT2D eigenvalue weighted by molar-refractivity contribution is 6.02. The van der Waals surface area contributed by atoms with E-state index in [2.05, 4.69) is 23.9 Å². The van der Waals surface area contributed by atoms with Crippen molar-refractivity contribution < 1.29 is 4.79 Å². The summed E-state index contributed by atoms with van der Waals surface area (Å²) in [4.78, 5) is 16.2. The van der Waals surface area contributed by atoms with E-state index in [0.29, 0.717) is 17.9 Å². The molecule has 17 heavy (non-hydrogen) atoms. The first-order chi connectivity index (χ1) is 8.22. The number of Topliss-reactive ketones (excluding diaryl/α,β-unsaturated/α-hetero) is 1. The molecule has 0 amide bonds. The van der Waals surface area contributed by atoms with Crippen molar-refractivity contribution in [2.24, 2.45) is 5.92 Å². The monoisotopic (exact) mass is 231 g/mol. The first-order valence-corrected chi connectivity index (χ1v) is 6.03. The van der Waals surface area contributed by atoms with Crippen LogP contribution in [0.15, 0.2) is 24.8 Å². The normalized spacial score (nSPS) is 12.8. The van der Waals surface area contributed by atoms with Gasteiger partial charge in [-0.25, -0.2) is 4.52 Å². The Morgan fingerprint density at radius 1 is 1.47 bits per heavy atom. The summed E-state index contributed by atoms with van der Waals surface area (Å²) >= 11 is 0. The predicted octanol–water partition coefficient (Wildman–Crippen LogP) is 2.74. The van der Waals surface area contributed by atoms with Crippen LogP contribution in [0.1, 0.15) is 43.5 Å². The van der Waals surface area contributed by atoms with Crippen molar-refractivity contribution in [2.45, 2.75) is 33.1 Å². The highest BCUT2D eigenvalue weighted by atomic mass is 16.1. The smallest absolute Gasteiger partial charge is 0.166 e. The molecular formula is C13H17N3O. The molecule has 1 unspecified atom stereocenters. The van der Waals surface area contributed by atoms with E-state index in [0.717, 1.165) is 18.4 Å². The summed E-state index contributed by atoms with van der Waals surface area (Å²) in [6.45, 7) is 4.26. The van der Waals surface area contributed by atoms with Crippen molar-refractivity contribution in [2.75, 3.05) is 0 Å². The minimum absolute atomic E-state index is 0.161. The summed E-state index contributed by atoms with van der Waals surface area (Å²) < 4.78 is 1.69. The zero-order chi connectivity index (χ0) is 12.3. The highest BCUT2D eigenvalue weighted by Gasteiger charge is 2.15. The molecule has 0 saturated carbocycles. The Hall–Kier alpha value is -1.71. The maximum Gasteiger partial charge on any atom is 0.166 e. The fraction of sp³-hybridized carbons (Fsp3) is 0.462. The molecule has 0 fully saturated rings. The van der Waals surface area contributed by atoms with Crippen molar-refractivity contribution in [1.82, 2.24) is 14.6 Å². The summed E-state index contributed by atoms with van der Waals surface area (Å²) in [5.41, 5.74) is 1.47. The first-order valence-electron chi connectivity index (χ1n) is 6.03. The van der Waals surface area contributed by atoms with Crippen molar-refractivity contribution >= 4 is 11.3 Å². The van der Waals surface area contributed by atoms with Crippen LogP contribution in [0, 0.1) is 5.92 Å². The van der Waals surface area contributed by atoms with Crippen LogP contribution in [0.5, 0.6) is 0 Å². The van der Waals surface area contributed by atoms with Crippen LogP contribution in [0.4, 0.5) is 0 Å². The molecule has 2 aromatic heterocycles. The third kappa shape index (κ3) is 2.52. The van der Waals surface area contributed by atoms with Gasteiger partial charge in [-0.2, -0.15) is 5.10 Å². The number of hydrogen-bond donors (Lipinski definition) is 0. The largest absolute Gasteiger partial charge is 0.294 e. The summed E-state index contributed by atoms with van der Waals surface area (Å²) in [7, 11) is 0. The lowest BCUT2D eigenvalue weighted by Crippen LogP contribution is -2.05. The topological polar surface area (TPSA) is 47.3 Å². The van der Waals surface area contributed by atoms with Crippen molar-refractivity contribution in [3.05, 3.63) is 30.4 Å². The fourth-order valence-electron chi connectivity index (χ4n) is 2.07. The number of carbonyl (C=O) groups excluding carboxylic acids is 1. The fourth-order valence-corrected chi connectivity index (χ4v) is 2.07. The van der Waals surface area contributed by atoms with Gasteiger partial charge in [0.05, 0.1) is 23.5 Å². The first kappa shape index (κ1) is 11.8. The molecule has 4 nitrogen and oxygen atoms in total. The number of carbonyl (C=O) groups is 1. The van der Waals surface area contributed by atoms with Gasteiger partial charge < -0.3 is 0 Å². The van der Waals surface area contributed by atoms with Crippen LogP contribution in [0.25, 0.3) is 5.52 Å². The average molecular weight is 231 g/mol. The van der Waals surface area contributed by atoms with Crippen LogP contribution in [0.2, 0.25) is 0 Å². The molecular weight excluding hydrogens is 214 g/mol. The van der Waals surface area contributed by atoms with E-state index in [9.17, 15) is 4.79 Å². The van der Waals surface area contributed by atoms with Crippen molar-refractivity contribution in [3.8, 4) is 0 Å². The molecule has 2 aromatic rings. The van der Waals surface area contributed by atoms with Gasteiger partial charge in [0, 0.05) is 18.8 Å². The van der Waals surface area contributed by atoms with Gasteiger partial charge in [-0.15, -0.1) is 0 Å². The molecule has 1 atom stereocenters. The minimum Gasteiger partial charge on any atom is -0.294 e. The van der Waals surface area contributed by atoms with E-state index < -0.39 is 0 Å². The minimum atomic E-state index is 0.161. The van der Waals surface area contributed by atoms with Crippen molar-refractivity contribution in [1.29, 1.82) is 0 Å². The van der Waals surface area contributed by atoms with Gasteiger partial charge in [0.25, 0.3) is 0 Å². The molecule has 90 valence electrons. The van der Waals surface area contributed by atoms with Gasteiger partial charge in [0.15, 0.2) is 5.78 Å². The third-order valence-electron chi connectivity index (χ3n) is 2.94. The summed E-state index contributed by atoms with van der Waals surface area (Å²) in [5.74, 6) is 0.591. The van der Waals surface area contributed by atoms with E-state index in [1.165, 1.54) is 0 Å². The standard InChI is InChI=1S/C13H17N3O/c1-3-4-10(2)7-13(17)11-8-15-16-6-5-14-9-12(11)16/h5-6,8-10H,3-4,7H2,1-2H3. The number of nitrogens with zero attached hydrogens (tertiary/aromatic N) is 3. The summed E-state index contributed by atoms with van der Waals surface area (Å²) in [5, 5.41) is 4.15. The SMILES string of the molecule is CCCC(C)CC(=O)c1cnn2ccncc12. The highest BCUT2D eigenvalue weighted by Crippen LogP contribution is 2.17. The molecule has 0 aliphatic carbocycles. The summed E-state index contributed by atoms with van der Waals surface area (Å²) in [6, 6.07) is 0. The molecule has 0 aliphatic rings. The van der Waals surface area contributed by atoms with Gasteiger partial charge in [-0.3, -0.25) is 9.78 Å². The van der Waals surface area contributed by atoms with Crippen LogP contribution in [-0.2, 0) is 0 Å². The quantitative estimate of drug-likeness (QED) is 0.743. The van der Waals surface area contributed by atoms with Crippen LogP contribution in [0.3, 0.4) is 0 Å². The van der Waals surface area contributed by atoms with E-state index in [1.54, 1.807) is 29.3 Å². The molecule has 0 saturated heterocycles. The summed E-state index contributed by atoms with van der Waals surface area (Å²) in [6.07, 6.45) is 9.52. The van der Waals surface area contributed by atoms with Crippen LogP contribution < -0.4 is 0 Å². The van der Waals surface area contributed by atoms with Gasteiger partial charge in [-0.1, -0.05) is 26.7 Å². The number of fused-ring (bicyclic) bond motifs is 1.